The van der Waals surface area contributed by atoms with Gasteiger partial charge in [-0.15, -0.1) is 0 Å². The van der Waals surface area contributed by atoms with Gasteiger partial charge in [-0.3, -0.25) is 52.7 Å². The lowest BCUT2D eigenvalue weighted by molar-refractivity contribution is -0.137. The number of carbonyl (C=O) groups is 11. The maximum Gasteiger partial charge on any atom is 0.243 e. The number of ketones is 4. The molecule has 1 aliphatic heterocycles. The van der Waals surface area contributed by atoms with Crippen molar-refractivity contribution in [2.45, 2.75) is 212 Å². The van der Waals surface area contributed by atoms with Gasteiger partial charge in [-0.25, -0.2) is 0 Å². The molecule has 0 radical (unpaired) electrons. The van der Waals surface area contributed by atoms with Gasteiger partial charge in [-0.1, -0.05) is 90.6 Å². The van der Waals surface area contributed by atoms with Crippen LogP contribution in [0.3, 0.4) is 0 Å². The molecule has 1 fully saturated rings. The third-order valence-electron chi connectivity index (χ3n) is 15.5. The van der Waals surface area contributed by atoms with E-state index in [0.717, 1.165) is 32.1 Å². The molecule has 0 bridgehead atoms. The Labute approximate surface area is 515 Å². The Morgan fingerprint density at radius 2 is 1.17 bits per heavy atom. The average molecular weight is 1230 g/mol. The van der Waals surface area contributed by atoms with Crippen LogP contribution in [-0.4, -0.2) is 169 Å². The number of nitrogens with two attached hydrogens (primary N) is 4. The number of hydrogen-bond donors (Lipinski definition) is 14. The Balaban J connectivity index is 0.0000378. The second-order valence-corrected chi connectivity index (χ2v) is 23.3. The smallest absolute Gasteiger partial charge is 0.243 e. The third kappa shape index (κ3) is 29.6. The number of rotatable bonds is 33. The summed E-state index contributed by atoms with van der Waals surface area (Å²) in [5.41, 5.74) is 24.5. The molecule has 0 spiro atoms. The molecule has 1 heterocycles. The average Bonchev–Trinajstić information content (AvgIpc) is 3.63. The predicted octanol–water partition coefficient (Wildman–Crippen LogP) is 0.158. The van der Waals surface area contributed by atoms with Gasteiger partial charge < -0.3 is 75.7 Å². The largest absolute Gasteiger partial charge is 0.393 e. The molecule has 18 N–H and O–H groups in total. The van der Waals surface area contributed by atoms with E-state index in [2.05, 4.69) is 49.5 Å². The zero-order valence-corrected chi connectivity index (χ0v) is 51.8. The number of Topliss-reactive ketones (excluding diaryl/α,β-unsaturated/α-hetero) is 4. The summed E-state index contributed by atoms with van der Waals surface area (Å²) in [6.45, 7) is 7.95. The highest BCUT2D eigenvalue weighted by atomic mass is 16.3. The zero-order chi connectivity index (χ0) is 64.3. The molecular formula is C62H108N12O13. The molecular weight excluding hydrogens is 1120 g/mol. The minimum absolute atomic E-state index is 0. The molecule has 0 aromatic heterocycles. The van der Waals surface area contributed by atoms with E-state index in [4.69, 9.17) is 22.9 Å². The van der Waals surface area contributed by atoms with Gasteiger partial charge in [0, 0.05) is 50.5 Å². The maximum absolute atomic E-state index is 14.7. The van der Waals surface area contributed by atoms with Crippen molar-refractivity contribution in [3.63, 3.8) is 0 Å². The van der Waals surface area contributed by atoms with Gasteiger partial charge in [0.15, 0.2) is 23.1 Å². The first kappa shape index (κ1) is 78.9. The van der Waals surface area contributed by atoms with Crippen molar-refractivity contribution in [3.8, 4) is 0 Å². The molecule has 25 heteroatoms. The van der Waals surface area contributed by atoms with E-state index >= 15 is 0 Å². The molecule has 87 heavy (non-hydrogen) atoms. The molecule has 1 aromatic rings. The molecule has 494 valence electrons. The van der Waals surface area contributed by atoms with E-state index in [1.807, 2.05) is 13.8 Å². The summed E-state index contributed by atoms with van der Waals surface area (Å²) in [5, 5.41) is 43.7. The molecule has 1 saturated heterocycles. The molecule has 1 aromatic carbocycles. The van der Waals surface area contributed by atoms with Crippen molar-refractivity contribution in [1.82, 2.24) is 42.5 Å². The maximum atomic E-state index is 14.7. The number of aliphatic hydroxyl groups excluding tert-OH is 2. The molecule has 1 aliphatic rings. The lowest BCUT2D eigenvalue weighted by Gasteiger charge is -2.28. The summed E-state index contributed by atoms with van der Waals surface area (Å²) in [6.07, 6.45) is 0.522. The number of amides is 7. The van der Waals surface area contributed by atoms with E-state index < -0.39 is 156 Å². The summed E-state index contributed by atoms with van der Waals surface area (Å²) in [4.78, 5) is 155. The van der Waals surface area contributed by atoms with Crippen molar-refractivity contribution in [2.24, 2.45) is 52.5 Å². The second-order valence-electron chi connectivity index (χ2n) is 23.3. The highest BCUT2D eigenvalue weighted by molar-refractivity contribution is 5.99. The minimum Gasteiger partial charge on any atom is -0.393 e. The first-order chi connectivity index (χ1) is 40.9. The fourth-order valence-corrected chi connectivity index (χ4v) is 10.4. The number of unbranched alkanes of at least 4 members (excludes halogenated alkanes) is 5. The highest BCUT2D eigenvalue weighted by Gasteiger charge is 2.38. The number of nitrogens with one attached hydrogen (secondary N) is 8. The number of aliphatic hydroxyl groups is 2. The Kier molecular flexibility index (Phi) is 39.5. The Hall–Kier alpha value is -6.09. The summed E-state index contributed by atoms with van der Waals surface area (Å²) in [6, 6.07) is 1.30. The number of hydrogen-bond acceptors (Lipinski definition) is 18. The third-order valence-corrected chi connectivity index (χ3v) is 15.5. The van der Waals surface area contributed by atoms with Crippen molar-refractivity contribution in [2.75, 3.05) is 46.3 Å². The summed E-state index contributed by atoms with van der Waals surface area (Å²) in [7, 11) is 1.69. The normalized spacial score (nSPS) is 22.4. The Bertz CT molecular complexity index is 2310. The Morgan fingerprint density at radius 3 is 1.75 bits per heavy atom. The van der Waals surface area contributed by atoms with E-state index in [1.54, 1.807) is 37.4 Å². The summed E-state index contributed by atoms with van der Waals surface area (Å²) in [5.74, 6) is -13.1. The van der Waals surface area contributed by atoms with Gasteiger partial charge in [0.25, 0.3) is 0 Å². The standard InChI is InChI=1S/C61H104N12O13.CH4/c1-7-8-9-10-11-15-18-55(80)68-48(24-29-66-6)54(79)36-44(39(5)75)59(84)70-46(20-26-63)51(76)33-41-23-30-67-58(83)43(38(4)74)35-53(78)47(21-27-64)71-60(85)49(22-28-65)72-61(86)50(31-37(2)3)73-57(82)42(32-40-16-13-12-14-17-40)34-52(77)45(19-25-62)69-56(41)81;/h12-14,16-17,37-39,41-50,66,74-75H,7-11,15,18-36,62-65H2,1-6H3,(H,67,83)(H,68,80)(H,69,81)(H,70,84)(H,71,85)(H,72,86)(H,73,82);1H4/t38-,39-,41-,42+,43+,44+,45+,46+,47+,48+,49+,50+;/m1./s1. The van der Waals surface area contributed by atoms with Gasteiger partial charge >= 0.3 is 0 Å². The topological polar surface area (TPSA) is 429 Å². The molecule has 0 saturated carbocycles. The Morgan fingerprint density at radius 1 is 0.632 bits per heavy atom. The summed E-state index contributed by atoms with van der Waals surface area (Å²) >= 11 is 0. The van der Waals surface area contributed by atoms with Crippen LogP contribution in [0.5, 0.6) is 0 Å². The monoisotopic (exact) mass is 1230 g/mol. The van der Waals surface area contributed by atoms with Crippen LogP contribution < -0.4 is 65.5 Å². The quantitative estimate of drug-likeness (QED) is 0.0417. The lowest BCUT2D eigenvalue weighted by atomic mass is 9.88. The first-order valence-electron chi connectivity index (χ1n) is 31.0. The van der Waals surface area contributed by atoms with Crippen LogP contribution in [0.15, 0.2) is 30.3 Å². The van der Waals surface area contributed by atoms with Crippen molar-refractivity contribution in [1.29, 1.82) is 0 Å². The van der Waals surface area contributed by atoms with Crippen LogP contribution in [-0.2, 0) is 59.2 Å². The van der Waals surface area contributed by atoms with Crippen molar-refractivity contribution < 1.29 is 63.0 Å². The van der Waals surface area contributed by atoms with Crippen LogP contribution in [0.4, 0.5) is 0 Å². The van der Waals surface area contributed by atoms with E-state index in [-0.39, 0.29) is 110 Å². The summed E-state index contributed by atoms with van der Waals surface area (Å²) < 4.78 is 0. The molecule has 2 rings (SSSR count). The van der Waals surface area contributed by atoms with E-state index in [9.17, 15) is 63.0 Å². The van der Waals surface area contributed by atoms with Gasteiger partial charge in [0.1, 0.15) is 12.1 Å². The molecule has 7 amide bonds. The van der Waals surface area contributed by atoms with Crippen LogP contribution >= 0.6 is 0 Å². The van der Waals surface area contributed by atoms with Crippen LogP contribution in [0.25, 0.3) is 0 Å². The van der Waals surface area contributed by atoms with E-state index in [0.29, 0.717) is 18.5 Å². The molecule has 12 atom stereocenters. The zero-order valence-electron chi connectivity index (χ0n) is 51.8. The van der Waals surface area contributed by atoms with Gasteiger partial charge in [0.05, 0.1) is 48.2 Å². The molecule has 25 nitrogen and oxygen atoms in total. The van der Waals surface area contributed by atoms with Crippen molar-refractivity contribution in [3.05, 3.63) is 35.9 Å². The van der Waals surface area contributed by atoms with Gasteiger partial charge in [-0.05, 0) is 123 Å². The van der Waals surface area contributed by atoms with Crippen molar-refractivity contribution >= 4 is 64.5 Å². The first-order valence-corrected chi connectivity index (χ1v) is 31.0. The number of carbonyl (C=O) groups excluding carboxylic acids is 11. The predicted molar refractivity (Wildman–Crippen MR) is 333 cm³/mol. The van der Waals surface area contributed by atoms with Gasteiger partial charge in [-0.2, -0.15) is 0 Å². The fraction of sp³-hybridized carbons (Fsp3) is 0.726. The van der Waals surface area contributed by atoms with E-state index in [1.165, 1.54) is 13.8 Å². The van der Waals surface area contributed by atoms with Crippen LogP contribution in [0.2, 0.25) is 0 Å². The second kappa shape index (κ2) is 43.5. The highest BCUT2D eigenvalue weighted by Crippen LogP contribution is 2.21. The van der Waals surface area contributed by atoms with Crippen LogP contribution in [0.1, 0.15) is 163 Å². The van der Waals surface area contributed by atoms with Gasteiger partial charge in [0.2, 0.25) is 41.4 Å². The lowest BCUT2D eigenvalue weighted by Crippen LogP contribution is -2.57. The molecule has 0 unspecified atom stereocenters. The fourth-order valence-electron chi connectivity index (χ4n) is 10.4. The minimum atomic E-state index is -1.43. The molecule has 0 aliphatic carbocycles. The number of benzene rings is 1. The van der Waals surface area contributed by atoms with Crippen LogP contribution in [0, 0.1) is 29.6 Å². The SMILES string of the molecule is C.CCCCCCCCC(=O)N[C@@H](CCNC)C(=O)C[C@H](C(=O)N[C@@H](CCN)C(=O)C[C@H]1CCNC(=O)[C@H]([C@@H](C)O)CC(=O)[C@H](CCN)NC(=O)[C@H](CCN)NC(=O)[C@H](CC(C)C)NC(=O)[C@@H](Cc2ccccc2)CC(=O)[C@H](CCN)NC1=O)[C@@H](C)O.